The first-order valence-electron chi connectivity index (χ1n) is 9.77. The summed E-state index contributed by atoms with van der Waals surface area (Å²) >= 11 is 0. The average molecular weight is 342 g/mol. The van der Waals surface area contributed by atoms with Gasteiger partial charge in [-0.25, -0.2) is 0 Å². The van der Waals surface area contributed by atoms with E-state index in [-0.39, 0.29) is 5.97 Å². The van der Waals surface area contributed by atoms with Crippen molar-refractivity contribution < 1.29 is 9.22 Å². The predicted molar refractivity (Wildman–Crippen MR) is 104 cm³/mol. The Kier molecular flexibility index (Phi) is 11.9. The minimum absolute atomic E-state index is 0.0465. The van der Waals surface area contributed by atoms with Crippen molar-refractivity contribution in [1.82, 2.24) is 0 Å². The minimum Gasteiger partial charge on any atom is -0.519 e. The van der Waals surface area contributed by atoms with Crippen LogP contribution in [-0.2, 0) is 9.22 Å². The van der Waals surface area contributed by atoms with Gasteiger partial charge in [0.05, 0.1) is 6.42 Å². The molecule has 0 aliphatic rings. The predicted octanol–water partition coefficient (Wildman–Crippen LogP) is 6.62. The molecule has 0 N–H and O–H groups in total. The first-order valence-corrected chi connectivity index (χ1v) is 12.3. The molecule has 0 amide bonds. The zero-order valence-corrected chi connectivity index (χ0v) is 17.8. The third-order valence-corrected chi connectivity index (χ3v) is 8.68. The van der Waals surface area contributed by atoms with Crippen LogP contribution < -0.4 is 0 Å². The molecule has 0 spiro atoms. The van der Waals surface area contributed by atoms with Crippen molar-refractivity contribution >= 4 is 14.3 Å². The van der Waals surface area contributed by atoms with Crippen LogP contribution in [0.15, 0.2) is 0 Å². The summed E-state index contributed by atoms with van der Waals surface area (Å²) in [4.78, 5) is 12.3. The van der Waals surface area contributed by atoms with Gasteiger partial charge in [0.15, 0.2) is 0 Å². The molecule has 0 aromatic carbocycles. The Morgan fingerprint density at radius 3 is 1.57 bits per heavy atom. The van der Waals surface area contributed by atoms with Crippen LogP contribution >= 0.6 is 0 Å². The smallest absolute Gasteiger partial charge is 0.296 e. The molecule has 0 aliphatic heterocycles. The Morgan fingerprint density at radius 1 is 0.870 bits per heavy atom. The molecule has 0 bridgehead atoms. The maximum atomic E-state index is 12.3. The molecule has 0 rings (SSSR count). The van der Waals surface area contributed by atoms with Gasteiger partial charge in [-0.1, -0.05) is 74.1 Å². The summed E-state index contributed by atoms with van der Waals surface area (Å²) in [5, 5.41) is 0. The Labute approximate surface area is 146 Å². The van der Waals surface area contributed by atoms with Crippen LogP contribution in [0, 0.1) is 24.2 Å². The molecule has 0 fully saturated rings. The van der Waals surface area contributed by atoms with Crippen molar-refractivity contribution in [2.24, 2.45) is 17.8 Å². The fourth-order valence-electron chi connectivity index (χ4n) is 2.70. The summed E-state index contributed by atoms with van der Waals surface area (Å²) in [6.45, 7) is 15.7. The third kappa shape index (κ3) is 11.8. The Hall–Kier alpha value is -0.313. The standard InChI is InChI=1S/C20H41O2Si/c1-8-9-10-20(21)22-23(14-11-17(2)3,15-12-18(4)5)16-13-19(6)7/h10,17-19H,8-9,11-16H2,1-7H3. The third-order valence-electron chi connectivity index (χ3n) is 4.45. The molecule has 0 saturated carbocycles. The monoisotopic (exact) mass is 341 g/mol. The maximum Gasteiger partial charge on any atom is 0.296 e. The number of hydrogen-bond acceptors (Lipinski definition) is 2. The fraction of sp³-hybridized carbons (Fsp3) is 0.900. The number of rotatable bonds is 13. The lowest BCUT2D eigenvalue weighted by Gasteiger charge is -2.33. The van der Waals surface area contributed by atoms with E-state index in [1.165, 1.54) is 19.3 Å². The Balaban J connectivity index is 5.03. The summed E-state index contributed by atoms with van der Waals surface area (Å²) in [6, 6.07) is 3.40. The van der Waals surface area contributed by atoms with Gasteiger partial charge in [-0.2, -0.15) is 0 Å². The lowest BCUT2D eigenvalue weighted by atomic mass is 10.2. The number of hydrogen-bond donors (Lipinski definition) is 0. The molecule has 0 aromatic rings. The summed E-state index contributed by atoms with van der Waals surface area (Å²) < 4.78 is 6.24. The molecule has 0 aromatic heterocycles. The van der Waals surface area contributed by atoms with Gasteiger partial charge in [0.25, 0.3) is 14.3 Å². The summed E-state index contributed by atoms with van der Waals surface area (Å²) in [5.74, 6) is 1.99. The van der Waals surface area contributed by atoms with Crippen LogP contribution in [0.25, 0.3) is 0 Å². The van der Waals surface area contributed by atoms with Crippen LogP contribution in [0.3, 0.4) is 0 Å². The molecule has 3 heteroatoms. The highest BCUT2D eigenvalue weighted by molar-refractivity contribution is 6.75. The van der Waals surface area contributed by atoms with E-state index in [4.69, 9.17) is 4.43 Å². The van der Waals surface area contributed by atoms with E-state index >= 15 is 0 Å². The van der Waals surface area contributed by atoms with Crippen LogP contribution in [0.5, 0.6) is 0 Å². The summed E-state index contributed by atoms with van der Waals surface area (Å²) in [6.07, 6.45) is 7.16. The van der Waals surface area contributed by atoms with Gasteiger partial charge in [0.2, 0.25) is 0 Å². The van der Waals surface area contributed by atoms with Crippen LogP contribution in [0.4, 0.5) is 0 Å². The van der Waals surface area contributed by atoms with Crippen LogP contribution in [0.2, 0.25) is 18.1 Å². The zero-order valence-electron chi connectivity index (χ0n) is 16.8. The van der Waals surface area contributed by atoms with Crippen molar-refractivity contribution in [3.05, 3.63) is 6.42 Å². The average Bonchev–Trinajstić information content (AvgIpc) is 2.46. The van der Waals surface area contributed by atoms with Crippen molar-refractivity contribution in [1.29, 1.82) is 0 Å². The van der Waals surface area contributed by atoms with Gasteiger partial charge >= 0.3 is 0 Å². The Bertz CT molecular complexity index is 279. The molecule has 0 saturated heterocycles. The van der Waals surface area contributed by atoms with Gasteiger partial charge < -0.3 is 4.43 Å². The van der Waals surface area contributed by atoms with Gasteiger partial charge in [0.1, 0.15) is 0 Å². The Morgan fingerprint density at radius 2 is 1.26 bits per heavy atom. The molecule has 0 atom stereocenters. The van der Waals surface area contributed by atoms with Crippen LogP contribution in [0.1, 0.15) is 80.6 Å². The molecule has 0 heterocycles. The topological polar surface area (TPSA) is 26.3 Å². The second kappa shape index (κ2) is 12.1. The highest BCUT2D eigenvalue weighted by Gasteiger charge is 2.38. The van der Waals surface area contributed by atoms with Crippen molar-refractivity contribution in [2.45, 2.75) is 98.7 Å². The lowest BCUT2D eigenvalue weighted by molar-refractivity contribution is -0.131. The van der Waals surface area contributed by atoms with Crippen molar-refractivity contribution in [3.8, 4) is 0 Å². The highest BCUT2D eigenvalue weighted by Crippen LogP contribution is 2.32. The highest BCUT2D eigenvalue weighted by atomic mass is 28.4. The number of carbonyl (C=O) groups is 1. The summed E-state index contributed by atoms with van der Waals surface area (Å²) in [7, 11) is -1.98. The molecule has 2 nitrogen and oxygen atoms in total. The second-order valence-corrected chi connectivity index (χ2v) is 12.5. The molecule has 0 unspecified atom stereocenters. The molecular formula is C20H41O2Si. The largest absolute Gasteiger partial charge is 0.519 e. The van der Waals surface area contributed by atoms with E-state index < -0.39 is 8.32 Å². The fourth-order valence-corrected chi connectivity index (χ4v) is 7.58. The minimum atomic E-state index is -1.98. The molecule has 23 heavy (non-hydrogen) atoms. The SMILES string of the molecule is CCC[CH]C(=O)O[Si](CCC(C)C)(CCC(C)C)CCC(C)C. The van der Waals surface area contributed by atoms with Crippen molar-refractivity contribution in [3.63, 3.8) is 0 Å². The van der Waals surface area contributed by atoms with E-state index in [1.807, 2.05) is 0 Å². The second-order valence-electron chi connectivity index (χ2n) is 8.39. The van der Waals surface area contributed by atoms with E-state index in [0.717, 1.165) is 31.0 Å². The summed E-state index contributed by atoms with van der Waals surface area (Å²) in [5.41, 5.74) is 0. The first kappa shape index (κ1) is 22.7. The van der Waals surface area contributed by atoms with E-state index in [2.05, 4.69) is 48.5 Å². The maximum absolute atomic E-state index is 12.3. The molecular weight excluding hydrogens is 300 g/mol. The number of carbonyl (C=O) groups excluding carboxylic acids is 1. The van der Waals surface area contributed by atoms with E-state index in [0.29, 0.717) is 17.8 Å². The van der Waals surface area contributed by atoms with Crippen LogP contribution in [-0.4, -0.2) is 14.3 Å². The molecule has 0 aliphatic carbocycles. The van der Waals surface area contributed by atoms with Gasteiger partial charge in [-0.15, -0.1) is 0 Å². The normalized spacial score (nSPS) is 12.4. The first-order chi connectivity index (χ1) is 10.7. The van der Waals surface area contributed by atoms with Gasteiger partial charge in [-0.05, 0) is 42.3 Å². The zero-order chi connectivity index (χ0) is 17.9. The lowest BCUT2D eigenvalue weighted by Crippen LogP contribution is -2.41. The quantitative estimate of drug-likeness (QED) is 0.352. The number of unbranched alkanes of at least 4 members (excludes halogenated alkanes) is 1. The van der Waals surface area contributed by atoms with E-state index in [9.17, 15) is 4.79 Å². The molecule has 137 valence electrons. The van der Waals surface area contributed by atoms with Gasteiger partial charge in [-0.3, -0.25) is 4.79 Å². The van der Waals surface area contributed by atoms with Gasteiger partial charge in [0, 0.05) is 0 Å². The molecule has 1 radical (unpaired) electrons. The van der Waals surface area contributed by atoms with E-state index in [1.54, 1.807) is 6.42 Å². The van der Waals surface area contributed by atoms with Crippen molar-refractivity contribution in [2.75, 3.05) is 0 Å².